The van der Waals surface area contributed by atoms with Crippen LogP contribution in [0, 0.1) is 0 Å². The summed E-state index contributed by atoms with van der Waals surface area (Å²) in [5, 5.41) is 2.99. The van der Waals surface area contributed by atoms with E-state index in [4.69, 9.17) is 0 Å². The molecule has 0 unspecified atom stereocenters. The van der Waals surface area contributed by atoms with Crippen LogP contribution in [0.25, 0.3) is 6.08 Å². The molecule has 0 amide bonds. The quantitative estimate of drug-likeness (QED) is 0.666. The minimum absolute atomic E-state index is 1.01. The summed E-state index contributed by atoms with van der Waals surface area (Å²) in [6.07, 6.45) is 5.31. The molecule has 0 saturated carbocycles. The van der Waals surface area contributed by atoms with Gasteiger partial charge in [-0.1, -0.05) is 12.7 Å². The predicted molar refractivity (Wildman–Crippen MR) is 43.9 cm³/mol. The number of hydrogen-bond donors (Lipinski definition) is 1. The van der Waals surface area contributed by atoms with Crippen molar-refractivity contribution in [3.05, 3.63) is 30.6 Å². The van der Waals surface area contributed by atoms with Crippen LogP contribution in [0.2, 0.25) is 0 Å². The maximum absolute atomic E-state index is 3.99. The highest BCUT2D eigenvalue weighted by Gasteiger charge is 1.88. The van der Waals surface area contributed by atoms with Crippen LogP contribution in [0.3, 0.4) is 0 Å². The van der Waals surface area contributed by atoms with Crippen LogP contribution in [0.1, 0.15) is 5.56 Å². The first kappa shape index (κ1) is 6.81. The Bertz CT molecular complexity index is 230. The van der Waals surface area contributed by atoms with Crippen molar-refractivity contribution in [2.75, 3.05) is 12.4 Å². The summed E-state index contributed by atoms with van der Waals surface area (Å²) in [7, 11) is 1.86. The van der Waals surface area contributed by atoms with Crippen LogP contribution < -0.4 is 5.32 Å². The van der Waals surface area contributed by atoms with Crippen LogP contribution in [-0.2, 0) is 0 Å². The summed E-state index contributed by atoms with van der Waals surface area (Å²) >= 11 is 0. The van der Waals surface area contributed by atoms with Crippen molar-refractivity contribution >= 4 is 11.8 Å². The Hall–Kier alpha value is -1.31. The van der Waals surface area contributed by atoms with Crippen molar-refractivity contribution in [1.29, 1.82) is 0 Å². The first-order valence-corrected chi connectivity index (χ1v) is 3.12. The lowest BCUT2D eigenvalue weighted by Crippen LogP contribution is -1.88. The molecule has 2 heteroatoms. The molecule has 0 aliphatic rings. The topological polar surface area (TPSA) is 24.9 Å². The van der Waals surface area contributed by atoms with E-state index >= 15 is 0 Å². The molecule has 0 aromatic carbocycles. The Kier molecular flexibility index (Phi) is 2.05. The molecule has 0 spiro atoms. The van der Waals surface area contributed by atoms with Gasteiger partial charge in [-0.15, -0.1) is 0 Å². The van der Waals surface area contributed by atoms with Gasteiger partial charge in [0.2, 0.25) is 0 Å². The summed E-state index contributed by atoms with van der Waals surface area (Å²) in [6.45, 7) is 3.64. The molecule has 2 nitrogen and oxygen atoms in total. The molecule has 1 aromatic rings. The van der Waals surface area contributed by atoms with E-state index in [1.165, 1.54) is 0 Å². The number of nitrogens with one attached hydrogen (secondary N) is 1. The third-order valence-corrected chi connectivity index (χ3v) is 1.28. The fourth-order valence-corrected chi connectivity index (χ4v) is 0.706. The Morgan fingerprint density at radius 3 is 3.00 bits per heavy atom. The fourth-order valence-electron chi connectivity index (χ4n) is 0.706. The fraction of sp³-hybridized carbons (Fsp3) is 0.125. The standard InChI is InChI=1S/C8H10N2/c1-3-7-4-8(9-2)6-10-5-7/h3-6,9H,1H2,2H3. The zero-order valence-electron chi connectivity index (χ0n) is 5.96. The van der Waals surface area contributed by atoms with E-state index in [-0.39, 0.29) is 0 Å². The van der Waals surface area contributed by atoms with Gasteiger partial charge >= 0.3 is 0 Å². The van der Waals surface area contributed by atoms with Crippen molar-refractivity contribution in [1.82, 2.24) is 4.98 Å². The molecule has 0 aliphatic carbocycles. The normalized spacial score (nSPS) is 8.90. The van der Waals surface area contributed by atoms with E-state index in [9.17, 15) is 0 Å². The lowest BCUT2D eigenvalue weighted by Gasteiger charge is -1.98. The number of hydrogen-bond acceptors (Lipinski definition) is 2. The third-order valence-electron chi connectivity index (χ3n) is 1.28. The van der Waals surface area contributed by atoms with Gasteiger partial charge in [0.15, 0.2) is 0 Å². The Morgan fingerprint density at radius 2 is 2.40 bits per heavy atom. The second-order valence-corrected chi connectivity index (χ2v) is 1.96. The summed E-state index contributed by atoms with van der Waals surface area (Å²) in [5.41, 5.74) is 2.05. The molecule has 0 bridgehead atoms. The smallest absolute Gasteiger partial charge is 0.0530 e. The predicted octanol–water partition coefficient (Wildman–Crippen LogP) is 1.77. The molecule has 0 radical (unpaired) electrons. The molecule has 0 fully saturated rings. The number of rotatable bonds is 2. The second-order valence-electron chi connectivity index (χ2n) is 1.96. The highest BCUT2D eigenvalue weighted by atomic mass is 14.8. The summed E-state index contributed by atoms with van der Waals surface area (Å²) in [6, 6.07) is 1.99. The Morgan fingerprint density at radius 1 is 1.60 bits per heavy atom. The SMILES string of the molecule is C=Cc1cncc(NC)c1. The van der Waals surface area contributed by atoms with E-state index in [1.807, 2.05) is 13.1 Å². The lowest BCUT2D eigenvalue weighted by molar-refractivity contribution is 1.30. The van der Waals surface area contributed by atoms with Gasteiger partial charge in [0.05, 0.1) is 5.69 Å². The van der Waals surface area contributed by atoms with E-state index in [2.05, 4.69) is 16.9 Å². The van der Waals surface area contributed by atoms with Gasteiger partial charge < -0.3 is 5.32 Å². The highest BCUT2D eigenvalue weighted by Crippen LogP contribution is 2.07. The molecule has 52 valence electrons. The van der Waals surface area contributed by atoms with Crippen LogP contribution in [-0.4, -0.2) is 12.0 Å². The number of anilines is 1. The Balaban J connectivity index is 2.98. The molecule has 0 atom stereocenters. The molecule has 0 aliphatic heterocycles. The molecule has 10 heavy (non-hydrogen) atoms. The zero-order chi connectivity index (χ0) is 7.40. The summed E-state index contributed by atoms with van der Waals surface area (Å²) < 4.78 is 0. The molecule has 1 N–H and O–H groups in total. The van der Waals surface area contributed by atoms with Crippen LogP contribution >= 0.6 is 0 Å². The van der Waals surface area contributed by atoms with E-state index in [0.29, 0.717) is 0 Å². The number of aromatic nitrogens is 1. The van der Waals surface area contributed by atoms with Crippen molar-refractivity contribution < 1.29 is 0 Å². The Labute approximate surface area is 60.6 Å². The molecule has 0 saturated heterocycles. The number of pyridine rings is 1. The van der Waals surface area contributed by atoms with Crippen molar-refractivity contribution in [2.24, 2.45) is 0 Å². The maximum Gasteiger partial charge on any atom is 0.0530 e. The molecule has 1 heterocycles. The van der Waals surface area contributed by atoms with Crippen LogP contribution in [0.15, 0.2) is 25.0 Å². The molecule has 1 rings (SSSR count). The van der Waals surface area contributed by atoms with E-state index in [1.54, 1.807) is 18.5 Å². The third kappa shape index (κ3) is 1.35. The van der Waals surface area contributed by atoms with Crippen LogP contribution in [0.5, 0.6) is 0 Å². The van der Waals surface area contributed by atoms with Gasteiger partial charge in [0.25, 0.3) is 0 Å². The van der Waals surface area contributed by atoms with Crippen molar-refractivity contribution in [2.45, 2.75) is 0 Å². The average Bonchev–Trinajstić information content (AvgIpc) is 2.05. The second kappa shape index (κ2) is 3.01. The monoisotopic (exact) mass is 134 g/mol. The molecular formula is C8H10N2. The zero-order valence-corrected chi connectivity index (χ0v) is 5.96. The first-order chi connectivity index (χ1) is 4.86. The minimum Gasteiger partial charge on any atom is -0.387 e. The largest absolute Gasteiger partial charge is 0.387 e. The van der Waals surface area contributed by atoms with Gasteiger partial charge in [-0.2, -0.15) is 0 Å². The minimum atomic E-state index is 1.01. The van der Waals surface area contributed by atoms with Crippen molar-refractivity contribution in [3.8, 4) is 0 Å². The van der Waals surface area contributed by atoms with Gasteiger partial charge in [-0.05, 0) is 11.6 Å². The maximum atomic E-state index is 3.99. The van der Waals surface area contributed by atoms with Gasteiger partial charge in [0, 0.05) is 19.4 Å². The van der Waals surface area contributed by atoms with Crippen LogP contribution in [0.4, 0.5) is 5.69 Å². The highest BCUT2D eigenvalue weighted by molar-refractivity contribution is 5.53. The molecular weight excluding hydrogens is 124 g/mol. The summed E-state index contributed by atoms with van der Waals surface area (Å²) in [5.74, 6) is 0. The van der Waals surface area contributed by atoms with Crippen molar-refractivity contribution in [3.63, 3.8) is 0 Å². The van der Waals surface area contributed by atoms with E-state index in [0.717, 1.165) is 11.3 Å². The average molecular weight is 134 g/mol. The van der Waals surface area contributed by atoms with Gasteiger partial charge in [-0.25, -0.2) is 0 Å². The van der Waals surface area contributed by atoms with Gasteiger partial charge in [-0.3, -0.25) is 4.98 Å². The number of nitrogens with zero attached hydrogens (tertiary/aromatic N) is 1. The van der Waals surface area contributed by atoms with E-state index < -0.39 is 0 Å². The first-order valence-electron chi connectivity index (χ1n) is 3.12. The summed E-state index contributed by atoms with van der Waals surface area (Å²) in [4.78, 5) is 3.99. The lowest BCUT2D eigenvalue weighted by atomic mass is 10.2. The molecule has 1 aromatic heterocycles. The van der Waals surface area contributed by atoms with Gasteiger partial charge in [0.1, 0.15) is 0 Å².